The van der Waals surface area contributed by atoms with Crippen LogP contribution in [0.25, 0.3) is 0 Å². The summed E-state index contributed by atoms with van der Waals surface area (Å²) in [4.78, 5) is 29.1. The molecule has 1 saturated heterocycles. The molecule has 0 spiro atoms. The molecule has 0 unspecified atom stereocenters. The van der Waals surface area contributed by atoms with Crippen molar-refractivity contribution in [2.24, 2.45) is 0 Å². The highest BCUT2D eigenvalue weighted by atomic mass is 32.1. The molecule has 10 heteroatoms. The number of carbonyl (C=O) groups excluding carboxylic acids is 2. The van der Waals surface area contributed by atoms with Crippen molar-refractivity contribution in [2.45, 2.75) is 19.8 Å². The highest BCUT2D eigenvalue weighted by molar-refractivity contribution is 7.13. The lowest BCUT2D eigenvalue weighted by atomic mass is 10.3. The van der Waals surface area contributed by atoms with Crippen LogP contribution in [0.4, 0.5) is 10.1 Å². The molecule has 1 aliphatic heterocycles. The minimum Gasteiger partial charge on any atom is -0.355 e. The summed E-state index contributed by atoms with van der Waals surface area (Å²) in [6.07, 6.45) is 0.736. The molecule has 0 saturated carbocycles. The Bertz CT molecular complexity index is 836. The molecule has 2 amide bonds. The summed E-state index contributed by atoms with van der Waals surface area (Å²) < 4.78 is 12.9. The third-order valence-electron chi connectivity index (χ3n) is 4.99. The van der Waals surface area contributed by atoms with E-state index in [0.29, 0.717) is 30.1 Å². The van der Waals surface area contributed by atoms with E-state index in [1.54, 1.807) is 0 Å². The van der Waals surface area contributed by atoms with Gasteiger partial charge in [0.15, 0.2) is 0 Å². The molecule has 1 aromatic heterocycles. The van der Waals surface area contributed by atoms with Crippen molar-refractivity contribution in [2.75, 3.05) is 51.1 Å². The SMILES string of the molecule is CCN1CCN(CCNC(=O)CCc2nnc(C(=O)Nc3ccc(F)cc3)s2)CC1. The van der Waals surface area contributed by atoms with E-state index in [1.165, 1.54) is 24.3 Å². The second kappa shape index (κ2) is 11.1. The largest absolute Gasteiger partial charge is 0.355 e. The maximum atomic E-state index is 12.9. The van der Waals surface area contributed by atoms with Gasteiger partial charge in [-0.15, -0.1) is 10.2 Å². The van der Waals surface area contributed by atoms with E-state index in [4.69, 9.17) is 0 Å². The van der Waals surface area contributed by atoms with Crippen LogP contribution in [0.1, 0.15) is 28.2 Å². The summed E-state index contributed by atoms with van der Waals surface area (Å²) in [6, 6.07) is 5.49. The lowest BCUT2D eigenvalue weighted by Gasteiger charge is -2.33. The van der Waals surface area contributed by atoms with Crippen LogP contribution in [0.5, 0.6) is 0 Å². The molecule has 1 aromatic carbocycles. The molecular formula is C20H27FN6O2S. The van der Waals surface area contributed by atoms with Gasteiger partial charge in [0.2, 0.25) is 10.9 Å². The maximum Gasteiger partial charge on any atom is 0.286 e. The first-order chi connectivity index (χ1) is 14.5. The second-order valence-electron chi connectivity index (χ2n) is 7.09. The first kappa shape index (κ1) is 22.3. The Labute approximate surface area is 179 Å². The fourth-order valence-corrected chi connectivity index (χ4v) is 3.89. The van der Waals surface area contributed by atoms with E-state index < -0.39 is 5.91 Å². The number of nitrogens with zero attached hydrogens (tertiary/aromatic N) is 4. The number of aromatic nitrogens is 2. The van der Waals surface area contributed by atoms with Crippen LogP contribution in [-0.2, 0) is 11.2 Å². The van der Waals surface area contributed by atoms with Crippen molar-refractivity contribution in [3.8, 4) is 0 Å². The first-order valence-corrected chi connectivity index (χ1v) is 11.0. The van der Waals surface area contributed by atoms with Gasteiger partial charge in [-0.1, -0.05) is 18.3 Å². The van der Waals surface area contributed by atoms with Gasteiger partial charge in [0.1, 0.15) is 10.8 Å². The average molecular weight is 435 g/mol. The van der Waals surface area contributed by atoms with Gasteiger partial charge in [0.05, 0.1) is 0 Å². The van der Waals surface area contributed by atoms with Gasteiger partial charge in [-0.05, 0) is 30.8 Å². The molecule has 2 aromatic rings. The van der Waals surface area contributed by atoms with Gasteiger partial charge < -0.3 is 15.5 Å². The number of amides is 2. The fraction of sp³-hybridized carbons (Fsp3) is 0.500. The molecule has 2 heterocycles. The van der Waals surface area contributed by atoms with Gasteiger partial charge in [0.25, 0.3) is 5.91 Å². The molecule has 1 aliphatic rings. The molecule has 8 nitrogen and oxygen atoms in total. The van der Waals surface area contributed by atoms with Crippen molar-refractivity contribution in [1.29, 1.82) is 0 Å². The molecule has 0 atom stereocenters. The summed E-state index contributed by atoms with van der Waals surface area (Å²) >= 11 is 1.15. The number of likely N-dealkylation sites (N-methyl/N-ethyl adjacent to an activating group) is 1. The number of nitrogens with one attached hydrogen (secondary N) is 2. The Morgan fingerprint density at radius 3 is 2.50 bits per heavy atom. The van der Waals surface area contributed by atoms with Crippen LogP contribution < -0.4 is 10.6 Å². The Morgan fingerprint density at radius 2 is 1.80 bits per heavy atom. The average Bonchev–Trinajstić information content (AvgIpc) is 3.24. The van der Waals surface area contributed by atoms with Crippen LogP contribution in [0.15, 0.2) is 24.3 Å². The maximum absolute atomic E-state index is 12.9. The number of halogens is 1. The molecule has 0 bridgehead atoms. The zero-order valence-electron chi connectivity index (χ0n) is 17.1. The number of piperazine rings is 1. The molecule has 0 radical (unpaired) electrons. The first-order valence-electron chi connectivity index (χ1n) is 10.1. The third kappa shape index (κ3) is 6.82. The summed E-state index contributed by atoms with van der Waals surface area (Å²) in [7, 11) is 0. The molecule has 3 rings (SSSR count). The Hall–Kier alpha value is -2.43. The fourth-order valence-electron chi connectivity index (χ4n) is 3.16. The number of anilines is 1. The lowest BCUT2D eigenvalue weighted by Crippen LogP contribution is -2.48. The molecule has 0 aliphatic carbocycles. The van der Waals surface area contributed by atoms with E-state index in [-0.39, 0.29) is 16.7 Å². The van der Waals surface area contributed by atoms with Crippen LogP contribution in [0.2, 0.25) is 0 Å². The van der Waals surface area contributed by atoms with E-state index >= 15 is 0 Å². The number of aryl methyl sites for hydroxylation is 1. The van der Waals surface area contributed by atoms with E-state index in [9.17, 15) is 14.0 Å². The molecular weight excluding hydrogens is 407 g/mol. The van der Waals surface area contributed by atoms with Crippen LogP contribution >= 0.6 is 11.3 Å². The van der Waals surface area contributed by atoms with Crippen LogP contribution in [0, 0.1) is 5.82 Å². The minimum atomic E-state index is -0.405. The normalized spacial score (nSPS) is 15.1. The minimum absolute atomic E-state index is 0.0327. The van der Waals surface area contributed by atoms with E-state index in [1.807, 2.05) is 0 Å². The zero-order chi connectivity index (χ0) is 21.3. The molecule has 162 valence electrons. The van der Waals surface area contributed by atoms with Crippen LogP contribution in [-0.4, -0.2) is 77.6 Å². The smallest absolute Gasteiger partial charge is 0.286 e. The second-order valence-corrected chi connectivity index (χ2v) is 8.15. The molecule has 1 fully saturated rings. The lowest BCUT2D eigenvalue weighted by molar-refractivity contribution is -0.121. The van der Waals surface area contributed by atoms with Crippen molar-refractivity contribution in [1.82, 2.24) is 25.3 Å². The number of hydrogen-bond donors (Lipinski definition) is 2. The molecule has 30 heavy (non-hydrogen) atoms. The van der Waals surface area contributed by atoms with Crippen molar-refractivity contribution in [3.63, 3.8) is 0 Å². The summed E-state index contributed by atoms with van der Waals surface area (Å²) in [6.45, 7) is 8.99. The van der Waals surface area contributed by atoms with Gasteiger partial charge >= 0.3 is 0 Å². The Kier molecular flexibility index (Phi) is 8.23. The number of rotatable bonds is 9. The van der Waals surface area contributed by atoms with Gasteiger partial charge in [-0.3, -0.25) is 14.5 Å². The number of carbonyl (C=O) groups is 2. The standard InChI is InChI=1S/C20H27FN6O2S/c1-2-26-11-13-27(14-12-26)10-9-22-17(28)7-8-18-24-25-20(30-18)19(29)23-16-5-3-15(21)4-6-16/h3-6H,2,7-14H2,1H3,(H,22,28)(H,23,29). The van der Waals surface area contributed by atoms with E-state index in [0.717, 1.165) is 50.6 Å². The van der Waals surface area contributed by atoms with Crippen molar-refractivity contribution in [3.05, 3.63) is 40.1 Å². The van der Waals surface area contributed by atoms with Crippen LogP contribution in [0.3, 0.4) is 0 Å². The Balaban J connectivity index is 1.35. The predicted molar refractivity (Wildman–Crippen MR) is 114 cm³/mol. The molecule has 2 N–H and O–H groups in total. The quantitative estimate of drug-likeness (QED) is 0.623. The summed E-state index contributed by atoms with van der Waals surface area (Å²) in [5.41, 5.74) is 0.480. The highest BCUT2D eigenvalue weighted by Gasteiger charge is 2.16. The van der Waals surface area contributed by atoms with Crippen molar-refractivity contribution >= 4 is 28.8 Å². The Morgan fingerprint density at radius 1 is 1.10 bits per heavy atom. The van der Waals surface area contributed by atoms with Crippen molar-refractivity contribution < 1.29 is 14.0 Å². The summed E-state index contributed by atoms with van der Waals surface area (Å²) in [5, 5.41) is 14.3. The zero-order valence-corrected chi connectivity index (χ0v) is 17.9. The van der Waals surface area contributed by atoms with Gasteiger partial charge in [-0.25, -0.2) is 4.39 Å². The third-order valence-corrected chi connectivity index (χ3v) is 5.97. The number of benzene rings is 1. The number of hydrogen-bond acceptors (Lipinski definition) is 7. The topological polar surface area (TPSA) is 90.5 Å². The summed E-state index contributed by atoms with van der Waals surface area (Å²) in [5.74, 6) is -0.809. The van der Waals surface area contributed by atoms with Gasteiger partial charge in [-0.2, -0.15) is 0 Å². The predicted octanol–water partition coefficient (Wildman–Crippen LogP) is 1.62. The monoisotopic (exact) mass is 434 g/mol. The van der Waals surface area contributed by atoms with E-state index in [2.05, 4.69) is 37.6 Å². The highest BCUT2D eigenvalue weighted by Crippen LogP contribution is 2.15. The van der Waals surface area contributed by atoms with Gasteiger partial charge in [0, 0.05) is 57.8 Å².